The Balaban J connectivity index is 2.77. The van der Waals surface area contributed by atoms with Crippen LogP contribution in [0.4, 0.5) is 5.69 Å². The maximum atomic E-state index is 7.42. The first-order valence-electron chi connectivity index (χ1n) is 4.22. The highest BCUT2D eigenvalue weighted by Gasteiger charge is 2.04. The molecule has 5 nitrogen and oxygen atoms in total. The van der Waals surface area contributed by atoms with E-state index in [2.05, 4.69) is 10.6 Å². The summed E-state index contributed by atoms with van der Waals surface area (Å²) in [5, 5.41) is 19.9. The van der Waals surface area contributed by atoms with Gasteiger partial charge in [-0.05, 0) is 18.6 Å². The molecule has 0 aromatic heterocycles. The molecule has 0 atom stereocenters. The number of hydrogen-bond acceptors (Lipinski definition) is 2. The first-order chi connectivity index (χ1) is 7.00. The van der Waals surface area contributed by atoms with E-state index in [1.165, 1.54) is 0 Å². The molecule has 0 spiro atoms. The Kier molecular flexibility index (Phi) is 3.51. The number of anilines is 1. The van der Waals surface area contributed by atoms with Crippen molar-refractivity contribution < 1.29 is 0 Å². The third-order valence-electron chi connectivity index (χ3n) is 1.71. The summed E-state index contributed by atoms with van der Waals surface area (Å²) in [6.07, 6.45) is 0. The van der Waals surface area contributed by atoms with Crippen LogP contribution in [0.5, 0.6) is 0 Å². The molecule has 0 aliphatic rings. The fraction of sp³-hybridized carbons (Fsp3) is 0.111. The molecule has 0 saturated heterocycles. The highest BCUT2D eigenvalue weighted by atomic mass is 35.5. The normalized spacial score (nSPS) is 9.47. The largest absolute Gasteiger partial charge is 0.370 e. The van der Waals surface area contributed by atoms with Gasteiger partial charge in [-0.3, -0.25) is 16.1 Å². The predicted molar refractivity (Wildman–Crippen MR) is 62.6 cm³/mol. The first-order valence-corrected chi connectivity index (χ1v) is 4.60. The summed E-state index contributed by atoms with van der Waals surface area (Å²) in [5.74, 6) is -0.383. The third-order valence-corrected chi connectivity index (χ3v) is 2.21. The van der Waals surface area contributed by atoms with Gasteiger partial charge >= 0.3 is 0 Å². The summed E-state index contributed by atoms with van der Waals surface area (Å²) in [6.45, 7) is 1.87. The Bertz CT molecular complexity index is 401. The minimum Gasteiger partial charge on any atom is -0.370 e. The van der Waals surface area contributed by atoms with Crippen LogP contribution in [-0.4, -0.2) is 11.9 Å². The number of rotatable bonds is 1. The van der Waals surface area contributed by atoms with Crippen molar-refractivity contribution in [2.45, 2.75) is 6.92 Å². The molecule has 0 unspecified atom stereocenters. The van der Waals surface area contributed by atoms with Crippen LogP contribution in [0.25, 0.3) is 0 Å². The van der Waals surface area contributed by atoms with E-state index in [9.17, 15) is 0 Å². The standard InChI is InChI=1S/C9H12ClN5/c1-5-3-2-4-6(7(5)10)14-9(13)15-8(11)12/h2-4H,1H3,(H6,11,12,13,14,15). The molecule has 1 aromatic rings. The lowest BCUT2D eigenvalue weighted by atomic mass is 10.2. The molecule has 0 aliphatic carbocycles. The fourth-order valence-corrected chi connectivity index (χ4v) is 1.22. The summed E-state index contributed by atoms with van der Waals surface area (Å²) < 4.78 is 0. The van der Waals surface area contributed by atoms with Crippen molar-refractivity contribution in [3.8, 4) is 0 Å². The van der Waals surface area contributed by atoms with Crippen LogP contribution in [-0.2, 0) is 0 Å². The quantitative estimate of drug-likeness (QED) is 0.370. The molecule has 80 valence electrons. The summed E-state index contributed by atoms with van der Waals surface area (Å²) in [5.41, 5.74) is 6.59. The van der Waals surface area contributed by atoms with Crippen molar-refractivity contribution in [2.75, 3.05) is 5.32 Å². The SMILES string of the molecule is Cc1cccc(NC(=N)NC(=N)N)c1Cl. The molecule has 0 radical (unpaired) electrons. The lowest BCUT2D eigenvalue weighted by Gasteiger charge is -2.11. The maximum Gasteiger partial charge on any atom is 0.199 e. The number of halogens is 1. The van der Waals surface area contributed by atoms with Crippen LogP contribution in [0.15, 0.2) is 18.2 Å². The van der Waals surface area contributed by atoms with Gasteiger partial charge in [-0.25, -0.2) is 0 Å². The van der Waals surface area contributed by atoms with Crippen LogP contribution >= 0.6 is 11.6 Å². The minimum absolute atomic E-state index is 0.0880. The van der Waals surface area contributed by atoms with Crippen LogP contribution in [0, 0.1) is 17.7 Å². The molecule has 15 heavy (non-hydrogen) atoms. The van der Waals surface area contributed by atoms with Gasteiger partial charge in [0.1, 0.15) is 0 Å². The zero-order chi connectivity index (χ0) is 11.4. The van der Waals surface area contributed by atoms with E-state index in [0.29, 0.717) is 10.7 Å². The molecule has 0 saturated carbocycles. The first kappa shape index (κ1) is 11.3. The number of guanidine groups is 2. The summed E-state index contributed by atoms with van der Waals surface area (Å²) in [6, 6.07) is 5.44. The Hall–Kier alpha value is -1.75. The van der Waals surface area contributed by atoms with E-state index in [-0.39, 0.29) is 11.9 Å². The van der Waals surface area contributed by atoms with Crippen LogP contribution < -0.4 is 16.4 Å². The van der Waals surface area contributed by atoms with Crippen molar-refractivity contribution in [2.24, 2.45) is 5.73 Å². The number of nitrogens with two attached hydrogens (primary N) is 1. The zero-order valence-electron chi connectivity index (χ0n) is 8.19. The van der Waals surface area contributed by atoms with Gasteiger partial charge in [0.05, 0.1) is 10.7 Å². The van der Waals surface area contributed by atoms with Gasteiger partial charge < -0.3 is 11.1 Å². The number of hydrogen-bond donors (Lipinski definition) is 5. The summed E-state index contributed by atoms with van der Waals surface area (Å²) in [4.78, 5) is 0. The van der Waals surface area contributed by atoms with E-state index in [4.69, 9.17) is 28.2 Å². The summed E-state index contributed by atoms with van der Waals surface area (Å²) >= 11 is 6.00. The maximum absolute atomic E-state index is 7.42. The molecular formula is C9H12ClN5. The second-order valence-corrected chi connectivity index (χ2v) is 3.35. The molecule has 0 bridgehead atoms. The number of benzene rings is 1. The fourth-order valence-electron chi connectivity index (χ4n) is 1.04. The lowest BCUT2D eigenvalue weighted by molar-refractivity contribution is 1.20. The van der Waals surface area contributed by atoms with Gasteiger partial charge in [-0.15, -0.1) is 0 Å². The van der Waals surface area contributed by atoms with Gasteiger partial charge in [-0.2, -0.15) is 0 Å². The lowest BCUT2D eigenvalue weighted by Crippen LogP contribution is -2.39. The molecule has 0 heterocycles. The van der Waals surface area contributed by atoms with Crippen molar-refractivity contribution in [3.05, 3.63) is 28.8 Å². The van der Waals surface area contributed by atoms with E-state index < -0.39 is 0 Å². The average Bonchev–Trinajstić information content (AvgIpc) is 2.11. The smallest absolute Gasteiger partial charge is 0.199 e. The van der Waals surface area contributed by atoms with Crippen LogP contribution in [0.2, 0.25) is 5.02 Å². The zero-order valence-corrected chi connectivity index (χ0v) is 8.94. The van der Waals surface area contributed by atoms with Crippen molar-refractivity contribution >= 4 is 29.2 Å². The molecule has 6 heteroatoms. The molecule has 0 aliphatic heterocycles. The molecular weight excluding hydrogens is 214 g/mol. The third kappa shape index (κ3) is 3.14. The Morgan fingerprint density at radius 3 is 2.67 bits per heavy atom. The Morgan fingerprint density at radius 2 is 2.07 bits per heavy atom. The topological polar surface area (TPSA) is 97.8 Å². The monoisotopic (exact) mass is 225 g/mol. The van der Waals surface area contributed by atoms with Crippen LogP contribution in [0.3, 0.4) is 0 Å². The van der Waals surface area contributed by atoms with Crippen LogP contribution in [0.1, 0.15) is 5.56 Å². The molecule has 1 rings (SSSR count). The molecule has 0 amide bonds. The van der Waals surface area contributed by atoms with E-state index in [1.54, 1.807) is 6.07 Å². The van der Waals surface area contributed by atoms with Gasteiger partial charge in [-0.1, -0.05) is 23.7 Å². The van der Waals surface area contributed by atoms with Gasteiger partial charge in [0.2, 0.25) is 0 Å². The Morgan fingerprint density at radius 1 is 1.40 bits per heavy atom. The van der Waals surface area contributed by atoms with E-state index in [1.807, 2.05) is 19.1 Å². The highest BCUT2D eigenvalue weighted by Crippen LogP contribution is 2.24. The van der Waals surface area contributed by atoms with Crippen molar-refractivity contribution in [1.82, 2.24) is 5.32 Å². The predicted octanol–water partition coefficient (Wildman–Crippen LogP) is 1.48. The average molecular weight is 226 g/mol. The molecule has 1 aromatic carbocycles. The number of nitrogens with one attached hydrogen (secondary N) is 4. The minimum atomic E-state index is -0.295. The van der Waals surface area contributed by atoms with Gasteiger partial charge in [0, 0.05) is 0 Å². The summed E-state index contributed by atoms with van der Waals surface area (Å²) in [7, 11) is 0. The van der Waals surface area contributed by atoms with Gasteiger partial charge in [0.15, 0.2) is 11.9 Å². The Labute approximate surface area is 92.6 Å². The molecule has 6 N–H and O–H groups in total. The second kappa shape index (κ2) is 4.65. The highest BCUT2D eigenvalue weighted by molar-refractivity contribution is 6.34. The number of aryl methyl sites for hydroxylation is 1. The van der Waals surface area contributed by atoms with E-state index >= 15 is 0 Å². The molecule has 0 fully saturated rings. The second-order valence-electron chi connectivity index (χ2n) is 2.98. The van der Waals surface area contributed by atoms with Gasteiger partial charge in [0.25, 0.3) is 0 Å². The van der Waals surface area contributed by atoms with E-state index in [0.717, 1.165) is 5.56 Å². The van der Waals surface area contributed by atoms with Crippen molar-refractivity contribution in [3.63, 3.8) is 0 Å². The van der Waals surface area contributed by atoms with Crippen molar-refractivity contribution in [1.29, 1.82) is 10.8 Å².